The topological polar surface area (TPSA) is 73.6 Å². The Balaban J connectivity index is 1.63. The van der Waals surface area contributed by atoms with Crippen LogP contribution in [0.5, 0.6) is 11.5 Å². The summed E-state index contributed by atoms with van der Waals surface area (Å²) in [5, 5.41) is 2.91. The zero-order valence-corrected chi connectivity index (χ0v) is 12.9. The van der Waals surface area contributed by atoms with E-state index in [4.69, 9.17) is 15.2 Å². The van der Waals surface area contributed by atoms with Gasteiger partial charge in [0.2, 0.25) is 0 Å². The lowest BCUT2D eigenvalue weighted by atomic mass is 10.1. The number of hydrogen-bond donors (Lipinski definition) is 2. The highest BCUT2D eigenvalue weighted by molar-refractivity contribution is 5.94. The van der Waals surface area contributed by atoms with Gasteiger partial charge in [-0.05, 0) is 35.4 Å². The Morgan fingerprint density at radius 3 is 2.43 bits per heavy atom. The molecular formula is C18H20N2O3. The number of benzene rings is 2. The average Bonchev–Trinajstić information content (AvgIpc) is 2.84. The van der Waals surface area contributed by atoms with Crippen molar-refractivity contribution in [3.63, 3.8) is 0 Å². The molecule has 0 aromatic heterocycles. The van der Waals surface area contributed by atoms with E-state index < -0.39 is 0 Å². The first kappa shape index (κ1) is 15.4. The number of nitrogens with one attached hydrogen (secondary N) is 1. The molecular weight excluding hydrogens is 292 g/mol. The maximum Gasteiger partial charge on any atom is 0.251 e. The lowest BCUT2D eigenvalue weighted by Gasteiger charge is -2.10. The molecule has 1 aliphatic rings. The van der Waals surface area contributed by atoms with Gasteiger partial charge < -0.3 is 20.5 Å². The van der Waals surface area contributed by atoms with Crippen LogP contribution in [0.4, 0.5) is 0 Å². The number of rotatable bonds is 4. The molecule has 0 radical (unpaired) electrons. The molecule has 0 atom stereocenters. The summed E-state index contributed by atoms with van der Waals surface area (Å²) < 4.78 is 11.3. The van der Waals surface area contributed by atoms with Gasteiger partial charge in [0, 0.05) is 25.1 Å². The minimum absolute atomic E-state index is 0.110. The van der Waals surface area contributed by atoms with Crippen LogP contribution in [0.15, 0.2) is 42.5 Å². The van der Waals surface area contributed by atoms with Crippen molar-refractivity contribution in [2.75, 3.05) is 13.2 Å². The standard InChI is InChI=1S/C18H20N2O3/c19-11-13-2-5-15(6-3-13)18(21)20-12-14-4-7-16-17(10-14)23-9-1-8-22-16/h2-7,10H,1,8-9,11-12,19H2,(H,20,21). The third kappa shape index (κ3) is 3.81. The predicted octanol–water partition coefficient (Wildman–Crippen LogP) is 2.24. The second-order valence-corrected chi connectivity index (χ2v) is 5.42. The van der Waals surface area contributed by atoms with Crippen molar-refractivity contribution in [1.29, 1.82) is 0 Å². The molecule has 0 saturated carbocycles. The van der Waals surface area contributed by atoms with E-state index in [2.05, 4.69) is 5.32 Å². The molecule has 5 heteroatoms. The number of hydrogen-bond acceptors (Lipinski definition) is 4. The van der Waals surface area contributed by atoms with Crippen LogP contribution in [0, 0.1) is 0 Å². The molecule has 0 unspecified atom stereocenters. The van der Waals surface area contributed by atoms with E-state index in [1.165, 1.54) is 0 Å². The van der Waals surface area contributed by atoms with Gasteiger partial charge in [-0.3, -0.25) is 4.79 Å². The summed E-state index contributed by atoms with van der Waals surface area (Å²) in [6.07, 6.45) is 0.875. The van der Waals surface area contributed by atoms with Crippen LogP contribution in [0.2, 0.25) is 0 Å². The SMILES string of the molecule is NCc1ccc(C(=O)NCc2ccc3c(c2)OCCCO3)cc1. The van der Waals surface area contributed by atoms with Gasteiger partial charge in [-0.2, -0.15) is 0 Å². The summed E-state index contributed by atoms with van der Waals surface area (Å²) in [5.41, 5.74) is 8.15. The van der Waals surface area contributed by atoms with E-state index in [-0.39, 0.29) is 5.91 Å². The fourth-order valence-corrected chi connectivity index (χ4v) is 2.39. The van der Waals surface area contributed by atoms with Gasteiger partial charge in [-0.25, -0.2) is 0 Å². The lowest BCUT2D eigenvalue weighted by molar-refractivity contribution is 0.0951. The van der Waals surface area contributed by atoms with E-state index >= 15 is 0 Å². The zero-order valence-electron chi connectivity index (χ0n) is 12.9. The molecule has 0 saturated heterocycles. The Hall–Kier alpha value is -2.53. The normalized spacial score (nSPS) is 13.3. The fourth-order valence-electron chi connectivity index (χ4n) is 2.39. The van der Waals surface area contributed by atoms with E-state index in [1.54, 1.807) is 12.1 Å². The van der Waals surface area contributed by atoms with Crippen LogP contribution >= 0.6 is 0 Å². The summed E-state index contributed by atoms with van der Waals surface area (Å²) in [4.78, 5) is 12.2. The van der Waals surface area contributed by atoms with Gasteiger partial charge >= 0.3 is 0 Å². The highest BCUT2D eigenvalue weighted by atomic mass is 16.5. The minimum Gasteiger partial charge on any atom is -0.490 e. The van der Waals surface area contributed by atoms with E-state index in [0.29, 0.717) is 31.9 Å². The quantitative estimate of drug-likeness (QED) is 0.908. The first-order valence-corrected chi connectivity index (χ1v) is 7.72. The highest BCUT2D eigenvalue weighted by Crippen LogP contribution is 2.30. The number of fused-ring (bicyclic) bond motifs is 1. The van der Waals surface area contributed by atoms with Crippen LogP contribution in [0.25, 0.3) is 0 Å². The van der Waals surface area contributed by atoms with Gasteiger partial charge in [0.1, 0.15) is 0 Å². The van der Waals surface area contributed by atoms with Gasteiger partial charge in [0.15, 0.2) is 11.5 Å². The van der Waals surface area contributed by atoms with Crippen molar-refractivity contribution in [2.24, 2.45) is 5.73 Å². The van der Waals surface area contributed by atoms with Crippen LogP contribution in [0.3, 0.4) is 0 Å². The Kier molecular flexibility index (Phi) is 4.78. The van der Waals surface area contributed by atoms with E-state index in [9.17, 15) is 4.79 Å². The molecule has 0 spiro atoms. The zero-order chi connectivity index (χ0) is 16.1. The molecule has 1 heterocycles. The molecule has 0 fully saturated rings. The maximum atomic E-state index is 12.2. The van der Waals surface area contributed by atoms with Crippen molar-refractivity contribution >= 4 is 5.91 Å². The Morgan fingerprint density at radius 1 is 1.00 bits per heavy atom. The molecule has 2 aromatic carbocycles. The van der Waals surface area contributed by atoms with Gasteiger partial charge in [0.05, 0.1) is 13.2 Å². The van der Waals surface area contributed by atoms with Crippen molar-refractivity contribution < 1.29 is 14.3 Å². The second kappa shape index (κ2) is 7.15. The van der Waals surface area contributed by atoms with Crippen molar-refractivity contribution in [2.45, 2.75) is 19.5 Å². The van der Waals surface area contributed by atoms with Gasteiger partial charge in [-0.1, -0.05) is 18.2 Å². The van der Waals surface area contributed by atoms with Crippen LogP contribution < -0.4 is 20.5 Å². The molecule has 120 valence electrons. The third-order valence-electron chi connectivity index (χ3n) is 3.72. The summed E-state index contributed by atoms with van der Waals surface area (Å²) in [6.45, 7) is 2.23. The molecule has 3 rings (SSSR count). The molecule has 1 aliphatic heterocycles. The molecule has 0 aliphatic carbocycles. The van der Waals surface area contributed by atoms with Gasteiger partial charge in [0.25, 0.3) is 5.91 Å². The Bertz CT molecular complexity index is 683. The fraction of sp³-hybridized carbons (Fsp3) is 0.278. The number of carbonyl (C=O) groups excluding carboxylic acids is 1. The lowest BCUT2D eigenvalue weighted by Crippen LogP contribution is -2.22. The largest absolute Gasteiger partial charge is 0.490 e. The molecule has 2 aromatic rings. The number of amides is 1. The summed E-state index contributed by atoms with van der Waals surface area (Å²) in [5.74, 6) is 1.39. The minimum atomic E-state index is -0.110. The molecule has 1 amide bonds. The summed E-state index contributed by atoms with van der Waals surface area (Å²) >= 11 is 0. The van der Waals surface area contributed by atoms with E-state index in [0.717, 1.165) is 29.0 Å². The predicted molar refractivity (Wildman–Crippen MR) is 87.6 cm³/mol. The molecule has 0 bridgehead atoms. The highest BCUT2D eigenvalue weighted by Gasteiger charge is 2.11. The van der Waals surface area contributed by atoms with Crippen LogP contribution in [0.1, 0.15) is 27.9 Å². The average molecular weight is 312 g/mol. The number of nitrogens with two attached hydrogens (primary N) is 1. The third-order valence-corrected chi connectivity index (χ3v) is 3.72. The Labute approximate surface area is 135 Å². The smallest absolute Gasteiger partial charge is 0.251 e. The molecule has 5 nitrogen and oxygen atoms in total. The van der Waals surface area contributed by atoms with Crippen molar-refractivity contribution in [1.82, 2.24) is 5.32 Å². The van der Waals surface area contributed by atoms with Crippen molar-refractivity contribution in [3.05, 3.63) is 59.2 Å². The van der Waals surface area contributed by atoms with E-state index in [1.807, 2.05) is 30.3 Å². The first-order chi connectivity index (χ1) is 11.3. The maximum absolute atomic E-state index is 12.2. The van der Waals surface area contributed by atoms with Gasteiger partial charge in [-0.15, -0.1) is 0 Å². The second-order valence-electron chi connectivity index (χ2n) is 5.42. The first-order valence-electron chi connectivity index (χ1n) is 7.72. The van der Waals surface area contributed by atoms with Crippen LogP contribution in [-0.4, -0.2) is 19.1 Å². The Morgan fingerprint density at radius 2 is 1.70 bits per heavy atom. The number of carbonyl (C=O) groups is 1. The molecule has 3 N–H and O–H groups in total. The number of ether oxygens (including phenoxy) is 2. The van der Waals surface area contributed by atoms with Crippen molar-refractivity contribution in [3.8, 4) is 11.5 Å². The molecule has 23 heavy (non-hydrogen) atoms. The summed E-state index contributed by atoms with van der Waals surface area (Å²) in [7, 11) is 0. The van der Waals surface area contributed by atoms with Crippen LogP contribution in [-0.2, 0) is 13.1 Å². The summed E-state index contributed by atoms with van der Waals surface area (Å²) in [6, 6.07) is 13.0. The monoisotopic (exact) mass is 312 g/mol.